The Morgan fingerprint density at radius 3 is 2.27 bits per heavy atom. The van der Waals surface area contributed by atoms with E-state index in [2.05, 4.69) is 39.0 Å². The molecule has 0 bridgehead atoms. The molecule has 1 saturated carbocycles. The van der Waals surface area contributed by atoms with Crippen molar-refractivity contribution < 1.29 is 4.79 Å². The number of aldehydes is 1. The zero-order valence-corrected chi connectivity index (χ0v) is 9.71. The highest BCUT2D eigenvalue weighted by Gasteiger charge is 2.46. The fourth-order valence-corrected chi connectivity index (χ4v) is 2.16. The number of carbonyl (C=O) groups excluding carboxylic acids is 1. The van der Waals surface area contributed by atoms with Crippen LogP contribution in [0.1, 0.15) is 44.7 Å². The van der Waals surface area contributed by atoms with E-state index in [-0.39, 0.29) is 10.8 Å². The molecule has 1 fully saturated rings. The van der Waals surface area contributed by atoms with Crippen LogP contribution < -0.4 is 0 Å². The molecule has 0 unspecified atom stereocenters. The van der Waals surface area contributed by atoms with Gasteiger partial charge in [0.2, 0.25) is 0 Å². The van der Waals surface area contributed by atoms with Gasteiger partial charge >= 0.3 is 0 Å². The minimum Gasteiger partial charge on any atom is -0.302 e. The summed E-state index contributed by atoms with van der Waals surface area (Å²) in [6.45, 7) is 6.60. The van der Waals surface area contributed by atoms with E-state index >= 15 is 0 Å². The zero-order chi connectivity index (χ0) is 11.1. The van der Waals surface area contributed by atoms with E-state index in [0.717, 1.165) is 19.1 Å². The molecule has 1 aliphatic rings. The summed E-state index contributed by atoms with van der Waals surface area (Å²) in [5.74, 6) is 0. The van der Waals surface area contributed by atoms with E-state index in [0.29, 0.717) is 0 Å². The van der Waals surface area contributed by atoms with Gasteiger partial charge in [0.05, 0.1) is 5.41 Å². The minimum atomic E-state index is -0.149. The Bertz CT molecular complexity index is 381. The quantitative estimate of drug-likeness (QED) is 0.673. The molecular weight excluding hydrogens is 184 g/mol. The van der Waals surface area contributed by atoms with Gasteiger partial charge in [-0.1, -0.05) is 45.0 Å². The average molecular weight is 202 g/mol. The van der Waals surface area contributed by atoms with Crippen molar-refractivity contribution >= 4 is 6.29 Å². The second kappa shape index (κ2) is 3.19. The van der Waals surface area contributed by atoms with Gasteiger partial charge in [-0.15, -0.1) is 0 Å². The SMILES string of the molecule is CC(C)(C)c1ccccc1C1(C=O)CC1. The Labute approximate surface area is 91.5 Å². The summed E-state index contributed by atoms with van der Waals surface area (Å²) in [4.78, 5) is 11.2. The fraction of sp³-hybridized carbons (Fsp3) is 0.500. The summed E-state index contributed by atoms with van der Waals surface area (Å²) >= 11 is 0. The summed E-state index contributed by atoms with van der Waals surface area (Å²) in [7, 11) is 0. The van der Waals surface area contributed by atoms with E-state index in [1.165, 1.54) is 11.1 Å². The number of hydrogen-bond donors (Lipinski definition) is 0. The van der Waals surface area contributed by atoms with Crippen LogP contribution in [0.2, 0.25) is 0 Å². The first-order chi connectivity index (χ1) is 6.99. The Hall–Kier alpha value is -1.11. The summed E-state index contributed by atoms with van der Waals surface area (Å²) in [5.41, 5.74) is 2.53. The smallest absolute Gasteiger partial charge is 0.130 e. The second-order valence-corrected chi connectivity index (χ2v) is 5.57. The Balaban J connectivity index is 2.52. The maximum absolute atomic E-state index is 11.2. The molecule has 1 heteroatoms. The normalized spacial score (nSPS) is 18.6. The lowest BCUT2D eigenvalue weighted by molar-refractivity contribution is -0.109. The first-order valence-corrected chi connectivity index (χ1v) is 5.56. The summed E-state index contributed by atoms with van der Waals surface area (Å²) in [6.07, 6.45) is 3.17. The van der Waals surface area contributed by atoms with Gasteiger partial charge in [0.15, 0.2) is 0 Å². The predicted octanol–water partition coefficient (Wildman–Crippen LogP) is 3.21. The van der Waals surface area contributed by atoms with Gasteiger partial charge < -0.3 is 4.79 Å². The van der Waals surface area contributed by atoms with Crippen LogP contribution in [0.15, 0.2) is 24.3 Å². The van der Waals surface area contributed by atoms with Crippen molar-refractivity contribution in [1.82, 2.24) is 0 Å². The van der Waals surface area contributed by atoms with Crippen LogP contribution in [0.5, 0.6) is 0 Å². The number of carbonyl (C=O) groups is 1. The van der Waals surface area contributed by atoms with Crippen molar-refractivity contribution in [2.45, 2.75) is 44.4 Å². The highest BCUT2D eigenvalue weighted by atomic mass is 16.1. The van der Waals surface area contributed by atoms with Crippen LogP contribution in [0, 0.1) is 0 Å². The number of rotatable bonds is 2. The standard InChI is InChI=1S/C14H18O/c1-13(2,3)11-6-4-5-7-12(11)14(10-15)8-9-14/h4-7,10H,8-9H2,1-3H3. The molecule has 0 saturated heterocycles. The van der Waals surface area contributed by atoms with Crippen LogP contribution in [-0.4, -0.2) is 6.29 Å². The van der Waals surface area contributed by atoms with E-state index < -0.39 is 0 Å². The van der Waals surface area contributed by atoms with Crippen molar-refractivity contribution in [2.75, 3.05) is 0 Å². The molecule has 0 aliphatic heterocycles. The highest BCUT2D eigenvalue weighted by molar-refractivity contribution is 5.74. The van der Waals surface area contributed by atoms with Gasteiger partial charge in [-0.25, -0.2) is 0 Å². The van der Waals surface area contributed by atoms with Crippen molar-refractivity contribution in [3.63, 3.8) is 0 Å². The monoisotopic (exact) mass is 202 g/mol. The Morgan fingerprint density at radius 2 is 1.80 bits per heavy atom. The van der Waals surface area contributed by atoms with Crippen LogP contribution >= 0.6 is 0 Å². The second-order valence-electron chi connectivity index (χ2n) is 5.57. The molecule has 2 rings (SSSR count). The van der Waals surface area contributed by atoms with Crippen LogP contribution in [-0.2, 0) is 15.6 Å². The van der Waals surface area contributed by atoms with E-state index in [1.54, 1.807) is 0 Å². The lowest BCUT2D eigenvalue weighted by Gasteiger charge is -2.25. The van der Waals surface area contributed by atoms with Crippen molar-refractivity contribution in [1.29, 1.82) is 0 Å². The lowest BCUT2D eigenvalue weighted by Crippen LogP contribution is -2.19. The van der Waals surface area contributed by atoms with Crippen molar-refractivity contribution in [3.05, 3.63) is 35.4 Å². The minimum absolute atomic E-state index is 0.120. The van der Waals surface area contributed by atoms with Crippen LogP contribution in [0.4, 0.5) is 0 Å². The molecule has 0 radical (unpaired) electrons. The first kappa shape index (κ1) is 10.4. The molecule has 0 atom stereocenters. The summed E-state index contributed by atoms with van der Waals surface area (Å²) in [6, 6.07) is 8.36. The van der Waals surface area contributed by atoms with E-state index in [9.17, 15) is 4.79 Å². The third-order valence-corrected chi connectivity index (χ3v) is 3.29. The molecule has 0 spiro atoms. The van der Waals surface area contributed by atoms with Crippen molar-refractivity contribution in [2.24, 2.45) is 0 Å². The number of benzene rings is 1. The van der Waals surface area contributed by atoms with Gasteiger partial charge in [-0.2, -0.15) is 0 Å². The van der Waals surface area contributed by atoms with Gasteiger partial charge in [0.25, 0.3) is 0 Å². The Morgan fingerprint density at radius 1 is 1.20 bits per heavy atom. The molecule has 0 aromatic heterocycles. The average Bonchev–Trinajstić information content (AvgIpc) is 2.97. The molecule has 15 heavy (non-hydrogen) atoms. The van der Waals surface area contributed by atoms with Gasteiger partial charge in [0.1, 0.15) is 6.29 Å². The van der Waals surface area contributed by atoms with Crippen LogP contribution in [0.25, 0.3) is 0 Å². The molecule has 0 N–H and O–H groups in total. The largest absolute Gasteiger partial charge is 0.302 e. The molecule has 80 valence electrons. The van der Waals surface area contributed by atoms with Gasteiger partial charge in [-0.3, -0.25) is 0 Å². The number of hydrogen-bond acceptors (Lipinski definition) is 1. The van der Waals surface area contributed by atoms with Crippen molar-refractivity contribution in [3.8, 4) is 0 Å². The third kappa shape index (κ3) is 1.71. The Kier molecular flexibility index (Phi) is 2.22. The first-order valence-electron chi connectivity index (χ1n) is 5.56. The highest BCUT2D eigenvalue weighted by Crippen LogP contribution is 2.49. The van der Waals surface area contributed by atoms with Crippen LogP contribution in [0.3, 0.4) is 0 Å². The third-order valence-electron chi connectivity index (χ3n) is 3.29. The molecule has 1 aromatic rings. The maximum atomic E-state index is 11.2. The van der Waals surface area contributed by atoms with Gasteiger partial charge in [-0.05, 0) is 29.4 Å². The molecule has 0 heterocycles. The molecule has 1 aromatic carbocycles. The fourth-order valence-electron chi connectivity index (χ4n) is 2.16. The topological polar surface area (TPSA) is 17.1 Å². The lowest BCUT2D eigenvalue weighted by atomic mass is 9.79. The van der Waals surface area contributed by atoms with E-state index in [1.807, 2.05) is 6.07 Å². The molecule has 1 aliphatic carbocycles. The molecule has 0 amide bonds. The maximum Gasteiger partial charge on any atom is 0.130 e. The van der Waals surface area contributed by atoms with Gasteiger partial charge in [0, 0.05) is 0 Å². The molecular formula is C14H18O. The predicted molar refractivity (Wildman–Crippen MR) is 62.1 cm³/mol. The molecule has 1 nitrogen and oxygen atoms in total. The summed E-state index contributed by atoms with van der Waals surface area (Å²) in [5, 5.41) is 0. The zero-order valence-electron chi connectivity index (χ0n) is 9.71. The summed E-state index contributed by atoms with van der Waals surface area (Å²) < 4.78 is 0. The van der Waals surface area contributed by atoms with E-state index in [4.69, 9.17) is 0 Å².